The van der Waals surface area contributed by atoms with E-state index in [1.165, 1.54) is 0 Å². The lowest BCUT2D eigenvalue weighted by Crippen LogP contribution is -2.22. The van der Waals surface area contributed by atoms with Gasteiger partial charge in [-0.25, -0.2) is 4.79 Å². The zero-order valence-corrected chi connectivity index (χ0v) is 5.83. The van der Waals surface area contributed by atoms with Gasteiger partial charge in [-0.05, 0) is 13.8 Å². The van der Waals surface area contributed by atoms with Gasteiger partial charge in [0, 0.05) is 0 Å². The van der Waals surface area contributed by atoms with Crippen molar-refractivity contribution in [2.75, 3.05) is 0 Å². The van der Waals surface area contributed by atoms with Gasteiger partial charge in [-0.3, -0.25) is 0 Å². The Morgan fingerprint density at radius 1 is 1.60 bits per heavy atom. The van der Waals surface area contributed by atoms with Gasteiger partial charge in [-0.2, -0.15) is 4.68 Å². The number of hydrogen-bond donors (Lipinski definition) is 1. The minimum absolute atomic E-state index is 0.599. The van der Waals surface area contributed by atoms with Crippen molar-refractivity contribution in [2.24, 2.45) is 5.73 Å². The third-order valence-electron chi connectivity index (χ3n) is 1.33. The van der Waals surface area contributed by atoms with Gasteiger partial charge in [0.1, 0.15) is 0 Å². The molecule has 0 bridgehead atoms. The van der Waals surface area contributed by atoms with Crippen molar-refractivity contribution < 1.29 is 4.79 Å². The standard InChI is InChI=1S/C5H8N4O/c1-3-4(2)9(5(6)10)8-7-3/h1-2H3,(H2,6,10). The lowest BCUT2D eigenvalue weighted by atomic mass is 10.4. The SMILES string of the molecule is Cc1nnn(C(N)=O)c1C. The van der Waals surface area contributed by atoms with Crippen LogP contribution in [0.3, 0.4) is 0 Å². The smallest absolute Gasteiger partial charge is 0.341 e. The number of aryl methyl sites for hydroxylation is 1. The molecule has 0 spiro atoms. The van der Waals surface area contributed by atoms with Gasteiger partial charge in [0.15, 0.2) is 0 Å². The molecule has 0 atom stereocenters. The molecule has 54 valence electrons. The molecule has 1 aromatic heterocycles. The van der Waals surface area contributed by atoms with E-state index in [-0.39, 0.29) is 0 Å². The molecule has 0 saturated carbocycles. The Kier molecular flexibility index (Phi) is 1.41. The number of amides is 1. The van der Waals surface area contributed by atoms with Gasteiger partial charge in [-0.15, -0.1) is 5.10 Å². The van der Waals surface area contributed by atoms with E-state index in [0.29, 0.717) is 5.69 Å². The Hall–Kier alpha value is -1.39. The van der Waals surface area contributed by atoms with Crippen LogP contribution < -0.4 is 5.73 Å². The summed E-state index contributed by atoms with van der Waals surface area (Å²) in [5, 5.41) is 7.16. The summed E-state index contributed by atoms with van der Waals surface area (Å²) in [5.74, 6) is 0. The lowest BCUT2D eigenvalue weighted by Gasteiger charge is -1.92. The summed E-state index contributed by atoms with van der Waals surface area (Å²) in [6.45, 7) is 3.50. The van der Waals surface area contributed by atoms with Crippen LogP contribution in [-0.4, -0.2) is 21.0 Å². The van der Waals surface area contributed by atoms with Crippen LogP contribution in [0.25, 0.3) is 0 Å². The maximum atomic E-state index is 10.5. The van der Waals surface area contributed by atoms with Crippen LogP contribution in [0.4, 0.5) is 4.79 Å². The van der Waals surface area contributed by atoms with Crippen LogP contribution in [-0.2, 0) is 0 Å². The van der Waals surface area contributed by atoms with Crippen LogP contribution in [0.15, 0.2) is 0 Å². The van der Waals surface area contributed by atoms with Crippen LogP contribution in [0.2, 0.25) is 0 Å². The summed E-state index contributed by atoms with van der Waals surface area (Å²) in [7, 11) is 0. The van der Waals surface area contributed by atoms with Gasteiger partial charge in [0.2, 0.25) is 0 Å². The number of carbonyl (C=O) groups is 1. The molecule has 0 radical (unpaired) electrons. The maximum absolute atomic E-state index is 10.5. The summed E-state index contributed by atoms with van der Waals surface area (Å²) in [5.41, 5.74) is 6.36. The second-order valence-corrected chi connectivity index (χ2v) is 2.01. The third-order valence-corrected chi connectivity index (χ3v) is 1.33. The van der Waals surface area contributed by atoms with E-state index in [2.05, 4.69) is 10.3 Å². The number of primary amides is 1. The summed E-state index contributed by atoms with van der Waals surface area (Å²) in [4.78, 5) is 10.5. The van der Waals surface area contributed by atoms with Gasteiger partial charge in [0.25, 0.3) is 0 Å². The van der Waals surface area contributed by atoms with Crippen LogP contribution in [0, 0.1) is 13.8 Å². The van der Waals surface area contributed by atoms with E-state index in [1.54, 1.807) is 13.8 Å². The number of aromatic nitrogens is 3. The lowest BCUT2D eigenvalue weighted by molar-refractivity contribution is 0.246. The molecule has 0 aliphatic rings. The number of hydrogen-bond acceptors (Lipinski definition) is 3. The van der Waals surface area contributed by atoms with E-state index >= 15 is 0 Å². The molecule has 2 N–H and O–H groups in total. The zero-order chi connectivity index (χ0) is 7.72. The molecule has 0 aliphatic heterocycles. The zero-order valence-electron chi connectivity index (χ0n) is 5.83. The first kappa shape index (κ1) is 6.73. The molecular weight excluding hydrogens is 132 g/mol. The van der Waals surface area contributed by atoms with Gasteiger partial charge >= 0.3 is 6.03 Å². The Bertz CT molecular complexity index is 265. The minimum atomic E-state index is -0.599. The van der Waals surface area contributed by atoms with Crippen molar-refractivity contribution in [3.63, 3.8) is 0 Å². The third kappa shape index (κ3) is 0.854. The van der Waals surface area contributed by atoms with E-state index in [0.717, 1.165) is 10.4 Å². The molecule has 0 unspecified atom stereocenters. The highest BCUT2D eigenvalue weighted by Gasteiger charge is 2.06. The molecule has 10 heavy (non-hydrogen) atoms. The molecule has 0 aromatic carbocycles. The second-order valence-electron chi connectivity index (χ2n) is 2.01. The number of nitrogens with zero attached hydrogens (tertiary/aromatic N) is 3. The van der Waals surface area contributed by atoms with Crippen LogP contribution in [0.5, 0.6) is 0 Å². The molecule has 1 rings (SSSR count). The Balaban J connectivity index is 3.17. The Labute approximate surface area is 57.8 Å². The van der Waals surface area contributed by atoms with Gasteiger partial charge in [0.05, 0.1) is 11.4 Å². The van der Waals surface area contributed by atoms with Crippen molar-refractivity contribution in [3.05, 3.63) is 11.4 Å². The predicted octanol–water partition coefficient (Wildman–Crippen LogP) is -0.178. The summed E-state index contributed by atoms with van der Waals surface area (Å²) >= 11 is 0. The molecule has 0 aliphatic carbocycles. The molecule has 1 amide bonds. The van der Waals surface area contributed by atoms with Crippen LogP contribution >= 0.6 is 0 Å². The molecule has 5 nitrogen and oxygen atoms in total. The van der Waals surface area contributed by atoms with Crippen LogP contribution in [0.1, 0.15) is 11.4 Å². The van der Waals surface area contributed by atoms with E-state index in [4.69, 9.17) is 5.73 Å². The van der Waals surface area contributed by atoms with Gasteiger partial charge < -0.3 is 5.73 Å². The van der Waals surface area contributed by atoms with E-state index < -0.39 is 6.03 Å². The average Bonchev–Trinajstić information content (AvgIpc) is 2.14. The first-order valence-corrected chi connectivity index (χ1v) is 2.81. The van der Waals surface area contributed by atoms with Crippen molar-refractivity contribution in [1.29, 1.82) is 0 Å². The fraction of sp³-hybridized carbons (Fsp3) is 0.400. The highest BCUT2D eigenvalue weighted by atomic mass is 16.2. The monoisotopic (exact) mass is 140 g/mol. The quantitative estimate of drug-likeness (QED) is 0.543. The topological polar surface area (TPSA) is 73.8 Å². The normalized spacial score (nSPS) is 9.80. The minimum Gasteiger partial charge on any atom is -0.350 e. The maximum Gasteiger partial charge on any atom is 0.341 e. The first-order chi connectivity index (χ1) is 4.63. The predicted molar refractivity (Wildman–Crippen MR) is 34.5 cm³/mol. The largest absolute Gasteiger partial charge is 0.350 e. The van der Waals surface area contributed by atoms with Crippen molar-refractivity contribution in [3.8, 4) is 0 Å². The summed E-state index contributed by atoms with van der Waals surface area (Å²) < 4.78 is 1.06. The molecular formula is C5H8N4O. The van der Waals surface area contributed by atoms with Crippen molar-refractivity contribution >= 4 is 6.03 Å². The summed E-state index contributed by atoms with van der Waals surface area (Å²) in [6, 6.07) is -0.599. The average molecular weight is 140 g/mol. The fourth-order valence-electron chi connectivity index (χ4n) is 0.614. The van der Waals surface area contributed by atoms with E-state index in [9.17, 15) is 4.79 Å². The number of carbonyl (C=O) groups excluding carboxylic acids is 1. The molecule has 1 aromatic rings. The molecule has 0 saturated heterocycles. The number of rotatable bonds is 0. The van der Waals surface area contributed by atoms with Gasteiger partial charge in [-0.1, -0.05) is 5.21 Å². The fourth-order valence-corrected chi connectivity index (χ4v) is 0.614. The number of nitrogens with two attached hydrogens (primary N) is 1. The molecule has 0 fully saturated rings. The highest BCUT2D eigenvalue weighted by Crippen LogP contribution is 1.98. The summed E-state index contributed by atoms with van der Waals surface area (Å²) in [6.07, 6.45) is 0. The Morgan fingerprint density at radius 2 is 2.20 bits per heavy atom. The second kappa shape index (κ2) is 2.09. The molecule has 5 heteroatoms. The Morgan fingerprint density at radius 3 is 2.40 bits per heavy atom. The van der Waals surface area contributed by atoms with Crippen molar-refractivity contribution in [2.45, 2.75) is 13.8 Å². The first-order valence-electron chi connectivity index (χ1n) is 2.81. The molecule has 1 heterocycles. The van der Waals surface area contributed by atoms with Crippen molar-refractivity contribution in [1.82, 2.24) is 15.0 Å². The van der Waals surface area contributed by atoms with E-state index in [1.807, 2.05) is 0 Å². The highest BCUT2D eigenvalue weighted by molar-refractivity contribution is 5.74.